The predicted molar refractivity (Wildman–Crippen MR) is 157 cm³/mol. The van der Waals surface area contributed by atoms with E-state index in [9.17, 15) is 19.2 Å². The Morgan fingerprint density at radius 3 is 2.52 bits per heavy atom. The molecular weight excluding hydrogens is 526 g/mol. The Balaban J connectivity index is 1.26. The number of piperazine rings is 1. The molecule has 1 N–H and O–H groups in total. The molecule has 0 saturated carbocycles. The summed E-state index contributed by atoms with van der Waals surface area (Å²) in [6.07, 6.45) is 6.32. The number of amides is 3. The Morgan fingerprint density at radius 2 is 1.85 bits per heavy atom. The Hall–Kier alpha value is -4.31. The highest BCUT2D eigenvalue weighted by Gasteiger charge is 2.25. The lowest BCUT2D eigenvalue weighted by Crippen LogP contribution is -2.49. The van der Waals surface area contributed by atoms with E-state index in [0.717, 1.165) is 45.2 Å². The monoisotopic (exact) mass is 555 g/mol. The normalized spacial score (nSPS) is 16.5. The largest absolute Gasteiger partial charge is 0.353 e. The third kappa shape index (κ3) is 5.96. The number of hydrogen-bond donors (Lipinski definition) is 1. The van der Waals surface area contributed by atoms with Gasteiger partial charge in [0.05, 0.1) is 10.4 Å². The van der Waals surface area contributed by atoms with Crippen molar-refractivity contribution in [2.75, 3.05) is 31.1 Å². The van der Waals surface area contributed by atoms with Crippen molar-refractivity contribution in [1.29, 1.82) is 0 Å². The number of fused-ring (bicyclic) bond motifs is 1. The van der Waals surface area contributed by atoms with Crippen molar-refractivity contribution in [2.45, 2.75) is 26.2 Å². The summed E-state index contributed by atoms with van der Waals surface area (Å²) in [6, 6.07) is 11.6. The lowest BCUT2D eigenvalue weighted by atomic mass is 10.0. The number of Topliss-reactive ketones (excluding diaryl/α,β-unsaturated/α-hetero) is 1. The standard InChI is InChI=1S/C30H29N5O4S/c1-3-19(2)25(36)7-9-28(37)35-14-12-34(13-15-35)27-8-5-21(18-32-27)22-10-11-31-24-6-4-20(16-23(22)24)17-26-29(38)33-30(39)40-26/h4-6,8,10-11,16-18H,2-3,7,9,12-15H2,1H3,(H,33,38,39)/b26-17+. The maximum atomic E-state index is 12.6. The molecule has 9 nitrogen and oxygen atoms in total. The first-order valence-corrected chi connectivity index (χ1v) is 14.0. The SMILES string of the molecule is C=C(CC)C(=O)CCC(=O)N1CCN(c2ccc(-c3ccnc4ccc(/C=C5/SC(=O)NC5=O)cc34)cn2)CC1. The van der Waals surface area contributed by atoms with Crippen molar-refractivity contribution in [3.05, 3.63) is 71.4 Å². The van der Waals surface area contributed by atoms with Crippen LogP contribution in [-0.2, 0) is 14.4 Å². The third-order valence-electron chi connectivity index (χ3n) is 7.11. The first-order chi connectivity index (χ1) is 19.3. The number of pyridine rings is 2. The van der Waals surface area contributed by atoms with Crippen molar-refractivity contribution in [3.8, 4) is 11.1 Å². The van der Waals surface area contributed by atoms with Gasteiger partial charge >= 0.3 is 0 Å². The van der Waals surface area contributed by atoms with Crippen LogP contribution in [-0.4, -0.2) is 63.9 Å². The molecule has 204 valence electrons. The topological polar surface area (TPSA) is 113 Å². The molecule has 40 heavy (non-hydrogen) atoms. The molecule has 0 aliphatic carbocycles. The van der Waals surface area contributed by atoms with Crippen LogP contribution in [0.4, 0.5) is 10.6 Å². The minimum absolute atomic E-state index is 0.00135. The number of aromatic nitrogens is 2. The van der Waals surface area contributed by atoms with Crippen molar-refractivity contribution in [3.63, 3.8) is 0 Å². The van der Waals surface area contributed by atoms with Crippen LogP contribution >= 0.6 is 11.8 Å². The van der Waals surface area contributed by atoms with Gasteiger partial charge in [-0.3, -0.25) is 29.5 Å². The zero-order valence-corrected chi connectivity index (χ0v) is 23.0. The lowest BCUT2D eigenvalue weighted by Gasteiger charge is -2.35. The van der Waals surface area contributed by atoms with Crippen molar-refractivity contribution in [1.82, 2.24) is 20.2 Å². The number of rotatable bonds is 8. The second kappa shape index (κ2) is 11.8. The molecule has 0 radical (unpaired) electrons. The lowest BCUT2D eigenvalue weighted by molar-refractivity contribution is -0.133. The molecule has 3 aromatic rings. The number of allylic oxidation sites excluding steroid dienone is 1. The van der Waals surface area contributed by atoms with Crippen LogP contribution in [0.25, 0.3) is 28.1 Å². The number of hydrogen-bond acceptors (Lipinski definition) is 8. The van der Waals surface area contributed by atoms with Gasteiger partial charge in [0.2, 0.25) is 5.91 Å². The molecule has 0 spiro atoms. The summed E-state index contributed by atoms with van der Waals surface area (Å²) in [4.78, 5) is 61.5. The van der Waals surface area contributed by atoms with Gasteiger partial charge in [-0.25, -0.2) is 4.98 Å². The van der Waals surface area contributed by atoms with E-state index < -0.39 is 0 Å². The molecule has 2 saturated heterocycles. The van der Waals surface area contributed by atoms with E-state index in [0.29, 0.717) is 43.1 Å². The molecule has 2 aliphatic heterocycles. The number of nitrogens with zero attached hydrogens (tertiary/aromatic N) is 4. The van der Waals surface area contributed by atoms with Crippen LogP contribution in [0.3, 0.4) is 0 Å². The van der Waals surface area contributed by atoms with E-state index >= 15 is 0 Å². The number of benzene rings is 1. The molecule has 0 bridgehead atoms. The maximum Gasteiger partial charge on any atom is 0.290 e. The first kappa shape index (κ1) is 27.3. The molecular formula is C30H29N5O4S. The summed E-state index contributed by atoms with van der Waals surface area (Å²) >= 11 is 0.889. The van der Waals surface area contributed by atoms with Gasteiger partial charge in [0.1, 0.15) is 5.82 Å². The third-order valence-corrected chi connectivity index (χ3v) is 7.92. The molecule has 2 fully saturated rings. The summed E-state index contributed by atoms with van der Waals surface area (Å²) in [5.74, 6) is 0.409. The van der Waals surface area contributed by atoms with E-state index in [-0.39, 0.29) is 35.7 Å². The summed E-state index contributed by atoms with van der Waals surface area (Å²) in [5, 5.41) is 2.81. The van der Waals surface area contributed by atoms with Gasteiger partial charge in [-0.05, 0) is 71.3 Å². The number of imide groups is 1. The van der Waals surface area contributed by atoms with Gasteiger partial charge in [0.15, 0.2) is 5.78 Å². The molecule has 0 unspecified atom stereocenters. The van der Waals surface area contributed by atoms with Crippen LogP contribution in [0.2, 0.25) is 0 Å². The first-order valence-electron chi connectivity index (χ1n) is 13.2. The Morgan fingerprint density at radius 1 is 1.05 bits per heavy atom. The molecule has 5 rings (SSSR count). The highest BCUT2D eigenvalue weighted by Crippen LogP contribution is 2.31. The van der Waals surface area contributed by atoms with Crippen LogP contribution in [0, 0.1) is 0 Å². The molecule has 2 aromatic heterocycles. The number of nitrogens with one attached hydrogen (secondary N) is 1. The average molecular weight is 556 g/mol. The Labute approximate surface area is 236 Å². The molecule has 3 amide bonds. The Kier molecular flexibility index (Phi) is 8.06. The quantitative estimate of drug-likeness (QED) is 0.402. The van der Waals surface area contributed by atoms with Gasteiger partial charge in [0, 0.05) is 62.4 Å². The minimum atomic E-state index is -0.389. The molecule has 0 atom stereocenters. The number of anilines is 1. The number of carbonyl (C=O) groups excluding carboxylic acids is 4. The highest BCUT2D eigenvalue weighted by molar-refractivity contribution is 8.18. The van der Waals surface area contributed by atoms with Crippen LogP contribution in [0.1, 0.15) is 31.7 Å². The van der Waals surface area contributed by atoms with E-state index in [1.54, 1.807) is 12.3 Å². The van der Waals surface area contributed by atoms with Crippen molar-refractivity contribution in [2.24, 2.45) is 0 Å². The number of carbonyl (C=O) groups is 4. The second-order valence-corrected chi connectivity index (χ2v) is 10.7. The summed E-state index contributed by atoms with van der Waals surface area (Å²) in [6.45, 7) is 8.14. The van der Waals surface area contributed by atoms with Gasteiger partial charge in [-0.1, -0.05) is 19.6 Å². The van der Waals surface area contributed by atoms with Crippen molar-refractivity contribution >= 4 is 57.4 Å². The van der Waals surface area contributed by atoms with Gasteiger partial charge in [0.25, 0.3) is 11.1 Å². The molecule has 2 aliphatic rings. The summed E-state index contributed by atoms with van der Waals surface area (Å²) in [7, 11) is 0. The minimum Gasteiger partial charge on any atom is -0.353 e. The fraction of sp³-hybridized carbons (Fsp3) is 0.267. The zero-order chi connectivity index (χ0) is 28.2. The molecule has 1 aromatic carbocycles. The Bertz CT molecular complexity index is 1540. The molecule has 4 heterocycles. The predicted octanol–water partition coefficient (Wildman–Crippen LogP) is 4.58. The number of ketones is 1. The summed E-state index contributed by atoms with van der Waals surface area (Å²) < 4.78 is 0. The molecule has 10 heteroatoms. The average Bonchev–Trinajstić information content (AvgIpc) is 3.30. The van der Waals surface area contributed by atoms with Crippen LogP contribution in [0.5, 0.6) is 0 Å². The zero-order valence-electron chi connectivity index (χ0n) is 22.2. The smallest absolute Gasteiger partial charge is 0.290 e. The number of thioether (sulfide) groups is 1. The van der Waals surface area contributed by atoms with E-state index in [4.69, 9.17) is 4.98 Å². The van der Waals surface area contributed by atoms with Crippen LogP contribution < -0.4 is 10.2 Å². The van der Waals surface area contributed by atoms with E-state index in [1.165, 1.54) is 0 Å². The van der Waals surface area contributed by atoms with Gasteiger partial charge < -0.3 is 9.80 Å². The van der Waals surface area contributed by atoms with Gasteiger partial charge in [-0.2, -0.15) is 0 Å². The van der Waals surface area contributed by atoms with E-state index in [2.05, 4.69) is 21.8 Å². The van der Waals surface area contributed by atoms with E-state index in [1.807, 2.05) is 54.4 Å². The fourth-order valence-corrected chi connectivity index (χ4v) is 5.43. The van der Waals surface area contributed by atoms with Crippen LogP contribution in [0.15, 0.2) is 65.8 Å². The van der Waals surface area contributed by atoms with Crippen molar-refractivity contribution < 1.29 is 19.2 Å². The highest BCUT2D eigenvalue weighted by atomic mass is 32.2. The maximum absolute atomic E-state index is 12.6. The second-order valence-electron chi connectivity index (χ2n) is 9.64. The summed E-state index contributed by atoms with van der Waals surface area (Å²) in [5.41, 5.74) is 4.06. The fourth-order valence-electron chi connectivity index (χ4n) is 4.75. The van der Waals surface area contributed by atoms with Gasteiger partial charge in [-0.15, -0.1) is 0 Å².